The van der Waals surface area contributed by atoms with Gasteiger partial charge in [-0.25, -0.2) is 43.5 Å². The molecule has 4 aliphatic heterocycles. The van der Waals surface area contributed by atoms with Gasteiger partial charge in [0.15, 0.2) is 11.5 Å². The first-order valence-electron chi connectivity index (χ1n) is 38.5. The number of likely N-dealkylation sites (N-methyl/N-ethyl adjacent to an activating group) is 1. The Labute approximate surface area is 651 Å². The third kappa shape index (κ3) is 15.6. The first kappa shape index (κ1) is 73.9. The SMILES string of the molecule is C[C@H]1CN(C)CCN1c1ccc2cc(-c3cn4cccc(F)c4n3)c(=O)oc2n1.Cc1ccc2nc(-c3cc4ccc(N5CCCNCC5)nc4oc3=O)cn2c1.Cc1ccc2nc(-c3cc4ccc(N5C[C@@H](C)N[C@@H](C)C5)nc4oc3=O)cn2c1.Cc1ccn2cc(-c3cc4ccc(N5CCCNCC5)nc4oc3=O)nc2c1. The predicted octanol–water partition coefficient (Wildman–Crippen LogP) is 11.0. The lowest BCUT2D eigenvalue weighted by atomic mass is 10.1. The molecule has 0 unspecified atom stereocenters. The number of anilines is 4. The first-order valence-corrected chi connectivity index (χ1v) is 38.5. The van der Waals surface area contributed by atoms with E-state index in [2.05, 4.69) is 108 Å². The van der Waals surface area contributed by atoms with Crippen LogP contribution in [-0.4, -0.2) is 173 Å². The van der Waals surface area contributed by atoms with Crippen LogP contribution < -0.4 is 58.1 Å². The molecule has 20 heterocycles. The fourth-order valence-corrected chi connectivity index (χ4v) is 15.3. The van der Waals surface area contributed by atoms with Crippen molar-refractivity contribution in [2.24, 2.45) is 0 Å². The molecule has 0 radical (unpaired) electrons. The van der Waals surface area contributed by atoms with Crippen LogP contribution in [0.4, 0.5) is 27.7 Å². The van der Waals surface area contributed by atoms with E-state index >= 15 is 0 Å². The van der Waals surface area contributed by atoms with Crippen molar-refractivity contribution in [1.29, 1.82) is 0 Å². The zero-order chi connectivity index (χ0) is 78.4. The second-order valence-electron chi connectivity index (χ2n) is 29.9. The third-order valence-electron chi connectivity index (χ3n) is 21.0. The summed E-state index contributed by atoms with van der Waals surface area (Å²) in [6, 6.07) is 38.7. The second-order valence-corrected chi connectivity index (χ2v) is 29.9. The molecule has 0 amide bonds. The van der Waals surface area contributed by atoms with E-state index in [1.807, 2.05) is 174 Å². The van der Waals surface area contributed by atoms with E-state index in [4.69, 9.17) is 17.7 Å². The Kier molecular flexibility index (Phi) is 20.4. The van der Waals surface area contributed by atoms with E-state index in [0.717, 1.165) is 171 Å². The highest BCUT2D eigenvalue weighted by molar-refractivity contribution is 5.84. The molecule has 29 heteroatoms. The monoisotopic (exact) mass is 1530 g/mol. The maximum Gasteiger partial charge on any atom is 0.347 e. The normalized spacial score (nSPS) is 17.1. The molecule has 0 spiro atoms. The summed E-state index contributed by atoms with van der Waals surface area (Å²) in [5, 5.41) is 13.3. The maximum absolute atomic E-state index is 13.9. The minimum absolute atomic E-state index is 0.166. The Balaban J connectivity index is 0.000000110. The summed E-state index contributed by atoms with van der Waals surface area (Å²) in [5.74, 6) is 2.86. The van der Waals surface area contributed by atoms with Crippen LogP contribution in [-0.2, 0) is 0 Å². The standard InChI is InChI=1S/C22H23N5O2.C21H20FN5O2.2C21H21N5O2/c1-13-4-6-19-24-18(12-26(19)9-13)17-8-16-5-7-20(25-21(16)29-22(17)28)27-10-14(2)23-15(3)11-27;1-13-11-25(2)8-9-27(13)18-6-5-14-10-15(21(28)29-20(14)24-18)17-12-26-7-3-4-16(22)19(26)23-17;1-14-3-5-18-23-17(13-26(18)12-14)16-11-15-4-6-19(24-20(15)28-21(16)27)25-9-2-7-22-8-10-25;1-14-5-9-26-13-17(23-19(26)11-14)16-12-15-3-4-18(24-20(15)28-21(16)27)25-8-2-6-22-7-10-25/h4-9,12,14-15,23H,10-11H2,1-3H3;3-7,10,12-13H,8-9,11H2,1-2H3;3-6,11-13,22H,2,7-10H2,1H3;3-5,9,11-13,22H,2,6-8,10H2,1H3/t14-,15+;13-;;/m.0../s1. The van der Waals surface area contributed by atoms with Gasteiger partial charge in [-0.15, -0.1) is 0 Å². The van der Waals surface area contributed by atoms with Crippen LogP contribution in [0.2, 0.25) is 0 Å². The van der Waals surface area contributed by atoms with Gasteiger partial charge in [0.05, 0.1) is 45.0 Å². The highest BCUT2D eigenvalue weighted by Crippen LogP contribution is 2.30. The third-order valence-corrected chi connectivity index (χ3v) is 21.0. The average Bonchev–Trinajstić information content (AvgIpc) is 1.54. The fraction of sp³-hybridized carbons (Fsp3) is 0.294. The highest BCUT2D eigenvalue weighted by atomic mass is 19.1. The number of aryl methyl sites for hydroxylation is 3. The lowest BCUT2D eigenvalue weighted by Gasteiger charge is -2.38. The van der Waals surface area contributed by atoms with Crippen molar-refractivity contribution in [3.63, 3.8) is 0 Å². The van der Waals surface area contributed by atoms with Crippen molar-refractivity contribution in [3.05, 3.63) is 235 Å². The molecule has 0 aliphatic carbocycles. The summed E-state index contributed by atoms with van der Waals surface area (Å²) >= 11 is 0. The van der Waals surface area contributed by atoms with Crippen LogP contribution in [0, 0.1) is 26.6 Å². The lowest BCUT2D eigenvalue weighted by molar-refractivity contribution is 0.274. The van der Waals surface area contributed by atoms with E-state index in [9.17, 15) is 23.6 Å². The van der Waals surface area contributed by atoms with Crippen molar-refractivity contribution in [3.8, 4) is 45.0 Å². The van der Waals surface area contributed by atoms with Gasteiger partial charge in [-0.05, 0) is 200 Å². The van der Waals surface area contributed by atoms with Crippen molar-refractivity contribution >= 4 is 90.3 Å². The minimum Gasteiger partial charge on any atom is -0.403 e. The van der Waals surface area contributed by atoms with E-state index in [0.29, 0.717) is 80.1 Å². The maximum atomic E-state index is 13.9. The van der Waals surface area contributed by atoms with Crippen LogP contribution >= 0.6 is 0 Å². The number of hydrogen-bond acceptors (Lipinski definition) is 24. The van der Waals surface area contributed by atoms with Gasteiger partial charge in [0.2, 0.25) is 22.9 Å². The summed E-state index contributed by atoms with van der Waals surface area (Å²) in [5.41, 5.74) is 9.27. The topological polar surface area (TPSA) is 294 Å². The largest absolute Gasteiger partial charge is 0.403 e. The molecule has 28 nitrogen and oxygen atoms in total. The van der Waals surface area contributed by atoms with Gasteiger partial charge in [-0.1, -0.05) is 12.1 Å². The first-order chi connectivity index (χ1) is 55.3. The zero-order valence-electron chi connectivity index (χ0n) is 64.3. The number of rotatable bonds is 8. The average molecular weight is 1530 g/mol. The van der Waals surface area contributed by atoms with E-state index in [1.54, 1.807) is 28.9 Å². The molecule has 20 rings (SSSR count). The summed E-state index contributed by atoms with van der Waals surface area (Å²) in [7, 11) is 2.10. The molecule has 4 saturated heterocycles. The van der Waals surface area contributed by atoms with Crippen LogP contribution in [0.1, 0.15) is 50.3 Å². The van der Waals surface area contributed by atoms with Crippen LogP contribution in [0.15, 0.2) is 208 Å². The number of nitrogens with zero attached hydrogens (tertiary/aromatic N) is 17. The van der Waals surface area contributed by atoms with Crippen molar-refractivity contribution < 1.29 is 22.1 Å². The number of piperazine rings is 2. The summed E-state index contributed by atoms with van der Waals surface area (Å²) < 4.78 is 43.5. The number of nitrogens with one attached hydrogen (secondary N) is 3. The Morgan fingerprint density at radius 1 is 0.395 bits per heavy atom. The number of pyridine rings is 8. The van der Waals surface area contributed by atoms with E-state index in [1.165, 1.54) is 6.07 Å². The molecule has 3 N–H and O–H groups in total. The molecule has 0 bridgehead atoms. The zero-order valence-corrected chi connectivity index (χ0v) is 64.3. The Hall–Kier alpha value is -12.8. The smallest absolute Gasteiger partial charge is 0.347 e. The predicted molar refractivity (Wildman–Crippen MR) is 440 cm³/mol. The molecule has 0 aromatic carbocycles. The Morgan fingerprint density at radius 2 is 0.833 bits per heavy atom. The summed E-state index contributed by atoms with van der Waals surface area (Å²) in [6.07, 6.45) is 16.9. The molecule has 16 aromatic heterocycles. The fourth-order valence-electron chi connectivity index (χ4n) is 15.3. The minimum atomic E-state index is -0.544. The molecule has 580 valence electrons. The Morgan fingerprint density at radius 3 is 1.32 bits per heavy atom. The Bertz CT molecular complexity index is 6360. The molecule has 4 fully saturated rings. The van der Waals surface area contributed by atoms with Gasteiger partial charge >= 0.3 is 22.5 Å². The number of aromatic nitrogens is 12. The second kappa shape index (κ2) is 31.4. The molecule has 16 aromatic rings. The summed E-state index contributed by atoms with van der Waals surface area (Å²) in [4.78, 5) is 98.1. The number of fused-ring (bicyclic) bond motifs is 8. The van der Waals surface area contributed by atoms with Crippen molar-refractivity contribution in [1.82, 2.24) is 78.3 Å². The van der Waals surface area contributed by atoms with Gasteiger partial charge < -0.3 is 75.7 Å². The van der Waals surface area contributed by atoms with E-state index < -0.39 is 28.3 Å². The molecular formula is C85H85FN20O8. The van der Waals surface area contributed by atoms with Gasteiger partial charge in [-0.3, -0.25) is 0 Å². The van der Waals surface area contributed by atoms with E-state index in [-0.39, 0.29) is 16.9 Å². The molecule has 114 heavy (non-hydrogen) atoms. The van der Waals surface area contributed by atoms with Crippen LogP contribution in [0.5, 0.6) is 0 Å². The number of halogens is 1. The quantitative estimate of drug-likeness (QED) is 0.127. The summed E-state index contributed by atoms with van der Waals surface area (Å²) in [6.45, 7) is 24.6. The molecule has 3 atom stereocenters. The highest BCUT2D eigenvalue weighted by Gasteiger charge is 2.27. The molecule has 0 saturated carbocycles. The molecular weight excluding hydrogens is 1450 g/mol. The van der Waals surface area contributed by atoms with Gasteiger partial charge in [0, 0.05) is 161 Å². The van der Waals surface area contributed by atoms with Crippen LogP contribution in [0.3, 0.4) is 0 Å². The lowest BCUT2D eigenvalue weighted by Crippen LogP contribution is -2.54. The van der Waals surface area contributed by atoms with Crippen molar-refractivity contribution in [2.75, 3.05) is 112 Å². The van der Waals surface area contributed by atoms with Crippen molar-refractivity contribution in [2.45, 2.75) is 72.5 Å². The molecule has 4 aliphatic rings. The number of imidazole rings is 4. The van der Waals surface area contributed by atoms with Gasteiger partial charge in [-0.2, -0.15) is 19.9 Å². The van der Waals surface area contributed by atoms with Gasteiger partial charge in [0.1, 0.15) is 40.2 Å². The number of hydrogen-bond donors (Lipinski definition) is 3. The van der Waals surface area contributed by atoms with Gasteiger partial charge in [0.25, 0.3) is 0 Å². The van der Waals surface area contributed by atoms with Crippen LogP contribution in [0.25, 0.3) is 112 Å².